The van der Waals surface area contributed by atoms with Crippen molar-refractivity contribution in [1.82, 2.24) is 0 Å². The Morgan fingerprint density at radius 1 is 1.05 bits per heavy atom. The Kier molecular flexibility index (Phi) is 4.15. The van der Waals surface area contributed by atoms with Crippen LogP contribution in [0.15, 0.2) is 18.2 Å². The van der Waals surface area contributed by atoms with Crippen molar-refractivity contribution in [2.45, 2.75) is 19.1 Å². The van der Waals surface area contributed by atoms with Crippen molar-refractivity contribution < 1.29 is 18.0 Å². The summed E-state index contributed by atoms with van der Waals surface area (Å²) < 4.78 is 25.7. The molecule has 0 spiro atoms. The zero-order valence-electron chi connectivity index (χ0n) is 10.5. The number of hydrogen-bond donors (Lipinski definition) is 3. The third kappa shape index (κ3) is 3.68. The minimum absolute atomic E-state index is 0.00208. The van der Waals surface area contributed by atoms with E-state index in [0.717, 1.165) is 0 Å². The molecule has 104 valence electrons. The van der Waals surface area contributed by atoms with E-state index in [2.05, 4.69) is 4.72 Å². The molecule has 0 atom stereocenters. The van der Waals surface area contributed by atoms with Gasteiger partial charge in [-0.3, -0.25) is 14.3 Å². The molecule has 1 rings (SSSR count). The highest BCUT2D eigenvalue weighted by Gasteiger charge is 2.17. The van der Waals surface area contributed by atoms with Gasteiger partial charge in [-0.15, -0.1) is 0 Å². The van der Waals surface area contributed by atoms with Crippen LogP contribution in [0.1, 0.15) is 34.6 Å². The zero-order valence-corrected chi connectivity index (χ0v) is 11.3. The lowest BCUT2D eigenvalue weighted by Crippen LogP contribution is -2.23. The molecule has 1 aromatic rings. The molecule has 1 aromatic carbocycles. The molecule has 7 nitrogen and oxygen atoms in total. The van der Waals surface area contributed by atoms with Gasteiger partial charge in [0.25, 0.3) is 0 Å². The van der Waals surface area contributed by atoms with E-state index in [4.69, 9.17) is 11.5 Å². The van der Waals surface area contributed by atoms with Crippen LogP contribution in [0.2, 0.25) is 0 Å². The van der Waals surface area contributed by atoms with Gasteiger partial charge >= 0.3 is 0 Å². The summed E-state index contributed by atoms with van der Waals surface area (Å²) in [5.41, 5.74) is 10.3. The highest BCUT2D eigenvalue weighted by molar-refractivity contribution is 7.93. The number of primary amides is 2. The maximum absolute atomic E-state index is 11.7. The number of nitrogens with two attached hydrogens (primary N) is 2. The van der Waals surface area contributed by atoms with Crippen LogP contribution in [0, 0.1) is 0 Å². The predicted molar refractivity (Wildman–Crippen MR) is 71.2 cm³/mol. The second-order valence-electron chi connectivity index (χ2n) is 4.22. The average Bonchev–Trinajstić information content (AvgIpc) is 2.27. The fourth-order valence-electron chi connectivity index (χ4n) is 1.25. The van der Waals surface area contributed by atoms with E-state index in [9.17, 15) is 18.0 Å². The van der Waals surface area contributed by atoms with Crippen molar-refractivity contribution in [2.75, 3.05) is 4.72 Å². The second-order valence-corrected chi connectivity index (χ2v) is 6.46. The van der Waals surface area contributed by atoms with E-state index < -0.39 is 27.1 Å². The van der Waals surface area contributed by atoms with Crippen LogP contribution in [-0.2, 0) is 10.0 Å². The summed E-state index contributed by atoms with van der Waals surface area (Å²) in [4.78, 5) is 22.2. The standard InChI is InChI=1S/C11H15N3O4S/c1-6(2)19(17,18)14-9-4-7(10(12)15)3-8(5-9)11(13)16/h3-6,14H,1-2H3,(H2,12,15)(H2,13,16). The summed E-state index contributed by atoms with van der Waals surface area (Å²) in [6, 6.07) is 3.70. The van der Waals surface area contributed by atoms with Crippen LogP contribution in [0.5, 0.6) is 0 Å². The van der Waals surface area contributed by atoms with Crippen LogP contribution in [0.4, 0.5) is 5.69 Å². The molecule has 0 unspecified atom stereocenters. The average molecular weight is 285 g/mol. The van der Waals surface area contributed by atoms with Crippen LogP contribution in [0.3, 0.4) is 0 Å². The van der Waals surface area contributed by atoms with E-state index >= 15 is 0 Å². The first-order valence-electron chi connectivity index (χ1n) is 5.40. The molecule has 0 radical (unpaired) electrons. The number of rotatable bonds is 5. The molecule has 0 aliphatic carbocycles. The summed E-state index contributed by atoms with van der Waals surface area (Å²) in [6.45, 7) is 2.99. The largest absolute Gasteiger partial charge is 0.366 e. The monoisotopic (exact) mass is 285 g/mol. The molecule has 5 N–H and O–H groups in total. The number of sulfonamides is 1. The zero-order chi connectivity index (χ0) is 14.8. The van der Waals surface area contributed by atoms with Crippen molar-refractivity contribution in [3.8, 4) is 0 Å². The van der Waals surface area contributed by atoms with Crippen LogP contribution in [-0.4, -0.2) is 25.5 Å². The van der Waals surface area contributed by atoms with Gasteiger partial charge in [-0.05, 0) is 32.0 Å². The Morgan fingerprint density at radius 3 is 1.79 bits per heavy atom. The van der Waals surface area contributed by atoms with E-state index in [-0.39, 0.29) is 16.8 Å². The first-order valence-corrected chi connectivity index (χ1v) is 6.94. The third-order valence-corrected chi connectivity index (χ3v) is 4.14. The molecular formula is C11H15N3O4S. The first kappa shape index (κ1) is 15.0. The Labute approximate surface area is 111 Å². The maximum atomic E-state index is 11.7. The Hall–Kier alpha value is -2.09. The molecule has 0 heterocycles. The highest BCUT2D eigenvalue weighted by atomic mass is 32.2. The minimum atomic E-state index is -3.59. The summed E-state index contributed by atoms with van der Waals surface area (Å²) in [7, 11) is -3.59. The lowest BCUT2D eigenvalue weighted by Gasteiger charge is -2.12. The first-order chi connectivity index (χ1) is 8.63. The van der Waals surface area contributed by atoms with Crippen molar-refractivity contribution in [3.63, 3.8) is 0 Å². The summed E-state index contributed by atoms with van der Waals surface area (Å²) in [5, 5.41) is -0.665. The fraction of sp³-hybridized carbons (Fsp3) is 0.273. The molecule has 0 bridgehead atoms. The van der Waals surface area contributed by atoms with Gasteiger partial charge in [-0.1, -0.05) is 0 Å². The van der Waals surface area contributed by atoms with Crippen LogP contribution in [0.25, 0.3) is 0 Å². The number of nitrogens with one attached hydrogen (secondary N) is 1. The lowest BCUT2D eigenvalue weighted by atomic mass is 10.1. The molecule has 2 amide bonds. The van der Waals surface area contributed by atoms with Crippen molar-refractivity contribution in [2.24, 2.45) is 11.5 Å². The highest BCUT2D eigenvalue weighted by Crippen LogP contribution is 2.17. The van der Waals surface area contributed by atoms with Gasteiger partial charge in [-0.25, -0.2) is 8.42 Å². The SMILES string of the molecule is CC(C)S(=O)(=O)Nc1cc(C(N)=O)cc(C(N)=O)c1. The number of carbonyl (C=O) groups is 2. The van der Waals surface area contributed by atoms with Gasteiger partial charge in [-0.2, -0.15) is 0 Å². The Morgan fingerprint density at radius 2 is 1.47 bits per heavy atom. The fourth-order valence-corrected chi connectivity index (χ4v) is 1.94. The molecular weight excluding hydrogens is 270 g/mol. The maximum Gasteiger partial charge on any atom is 0.248 e. The normalized spacial score (nSPS) is 11.3. The summed E-state index contributed by atoms with van der Waals surface area (Å²) in [5.74, 6) is -1.57. The molecule has 0 aromatic heterocycles. The molecule has 0 fully saturated rings. The van der Waals surface area contributed by atoms with Gasteiger partial charge in [0.05, 0.1) is 10.9 Å². The number of anilines is 1. The van der Waals surface area contributed by atoms with Gasteiger partial charge < -0.3 is 11.5 Å². The van der Waals surface area contributed by atoms with E-state index in [1.807, 2.05) is 0 Å². The minimum Gasteiger partial charge on any atom is -0.366 e. The smallest absolute Gasteiger partial charge is 0.248 e. The molecule has 0 saturated carbocycles. The lowest BCUT2D eigenvalue weighted by molar-refractivity contribution is 0.0999. The number of hydrogen-bond acceptors (Lipinski definition) is 4. The van der Waals surface area contributed by atoms with Crippen molar-refractivity contribution >= 4 is 27.5 Å². The van der Waals surface area contributed by atoms with Crippen LogP contribution < -0.4 is 16.2 Å². The summed E-state index contributed by atoms with van der Waals surface area (Å²) >= 11 is 0. The quantitative estimate of drug-likeness (QED) is 0.704. The molecule has 0 saturated heterocycles. The van der Waals surface area contributed by atoms with E-state index in [0.29, 0.717) is 0 Å². The van der Waals surface area contributed by atoms with Gasteiger partial charge in [0.15, 0.2) is 0 Å². The van der Waals surface area contributed by atoms with Crippen molar-refractivity contribution in [1.29, 1.82) is 0 Å². The third-order valence-electron chi connectivity index (χ3n) is 2.38. The molecule has 8 heteroatoms. The Balaban J connectivity index is 3.29. The van der Waals surface area contributed by atoms with Gasteiger partial charge in [0.1, 0.15) is 0 Å². The van der Waals surface area contributed by atoms with E-state index in [1.165, 1.54) is 32.0 Å². The molecule has 0 aliphatic heterocycles. The van der Waals surface area contributed by atoms with Crippen molar-refractivity contribution in [3.05, 3.63) is 29.3 Å². The summed E-state index contributed by atoms with van der Waals surface area (Å²) in [6.07, 6.45) is 0. The number of benzene rings is 1. The van der Waals surface area contributed by atoms with Gasteiger partial charge in [0, 0.05) is 11.1 Å². The second kappa shape index (κ2) is 5.27. The van der Waals surface area contributed by atoms with Gasteiger partial charge in [0.2, 0.25) is 21.8 Å². The Bertz CT molecular complexity index is 591. The molecule has 0 aliphatic rings. The predicted octanol–water partition coefficient (Wildman–Crippen LogP) is 0.0345. The topological polar surface area (TPSA) is 132 Å². The molecule has 19 heavy (non-hydrogen) atoms. The van der Waals surface area contributed by atoms with Crippen LogP contribution >= 0.6 is 0 Å². The number of amides is 2. The van der Waals surface area contributed by atoms with E-state index in [1.54, 1.807) is 0 Å². The number of carbonyl (C=O) groups excluding carboxylic acids is 2.